The van der Waals surface area contributed by atoms with E-state index in [1.54, 1.807) is 4.57 Å². The van der Waals surface area contributed by atoms with E-state index >= 15 is 0 Å². The molecule has 1 heterocycles. The second-order valence-corrected chi connectivity index (χ2v) is 9.23. The Morgan fingerprint density at radius 2 is 1.84 bits per heavy atom. The summed E-state index contributed by atoms with van der Waals surface area (Å²) in [6.07, 6.45) is 7.94. The molecule has 2 aromatic carbocycles. The van der Waals surface area contributed by atoms with E-state index in [1.165, 1.54) is 0 Å². The first-order chi connectivity index (χ1) is 15.2. The summed E-state index contributed by atoms with van der Waals surface area (Å²) in [5.74, 6) is 2.70. The maximum atomic E-state index is 13.9. The van der Waals surface area contributed by atoms with Crippen LogP contribution >= 0.6 is 0 Å². The van der Waals surface area contributed by atoms with Crippen LogP contribution in [0.5, 0.6) is 0 Å². The number of hydrogen-bond donors (Lipinski definition) is 1. The summed E-state index contributed by atoms with van der Waals surface area (Å²) >= 11 is 0. The smallest absolute Gasteiger partial charge is 0.408 e. The van der Waals surface area contributed by atoms with E-state index in [0.717, 1.165) is 47.2 Å². The molecular formula is C27H28N2O3. The fourth-order valence-electron chi connectivity index (χ4n) is 4.58. The molecule has 1 aliphatic carbocycles. The third kappa shape index (κ3) is 3.89. The van der Waals surface area contributed by atoms with Gasteiger partial charge >= 0.3 is 6.09 Å². The molecule has 0 bridgehead atoms. The van der Waals surface area contributed by atoms with Gasteiger partial charge in [-0.25, -0.2) is 4.79 Å². The van der Waals surface area contributed by atoms with Crippen molar-refractivity contribution in [1.29, 1.82) is 0 Å². The number of nitrogens with zero attached hydrogens (tertiary/aromatic N) is 1. The van der Waals surface area contributed by atoms with Gasteiger partial charge in [0.25, 0.3) is 5.56 Å². The van der Waals surface area contributed by atoms with Gasteiger partial charge in [-0.05, 0) is 81.7 Å². The number of alkyl carbamates (subject to hydrolysis) is 1. The van der Waals surface area contributed by atoms with Crippen LogP contribution in [0.15, 0.2) is 47.3 Å². The van der Waals surface area contributed by atoms with Crippen LogP contribution in [0.1, 0.15) is 62.5 Å². The number of pyridine rings is 1. The fourth-order valence-corrected chi connectivity index (χ4v) is 4.58. The second-order valence-electron chi connectivity index (χ2n) is 9.23. The molecule has 1 aromatic heterocycles. The van der Waals surface area contributed by atoms with Gasteiger partial charge in [-0.15, -0.1) is 6.42 Å². The van der Waals surface area contributed by atoms with Gasteiger partial charge < -0.3 is 10.1 Å². The van der Waals surface area contributed by atoms with Gasteiger partial charge in [-0.2, -0.15) is 0 Å². The van der Waals surface area contributed by atoms with Crippen molar-refractivity contribution in [2.45, 2.75) is 58.6 Å². The van der Waals surface area contributed by atoms with Gasteiger partial charge in [0.2, 0.25) is 0 Å². The topological polar surface area (TPSA) is 60.3 Å². The number of rotatable bonds is 3. The summed E-state index contributed by atoms with van der Waals surface area (Å²) in [5, 5.41) is 4.46. The highest BCUT2D eigenvalue weighted by Gasteiger charge is 2.28. The van der Waals surface area contributed by atoms with E-state index in [-0.39, 0.29) is 5.56 Å². The summed E-state index contributed by atoms with van der Waals surface area (Å²) in [6.45, 7) is 7.36. The molecule has 1 aliphatic rings. The van der Waals surface area contributed by atoms with Gasteiger partial charge in [-0.3, -0.25) is 9.36 Å². The number of carbonyl (C=O) groups is 1. The van der Waals surface area contributed by atoms with E-state index in [2.05, 4.69) is 11.2 Å². The monoisotopic (exact) mass is 428 g/mol. The number of terminal acetylenes is 1. The Morgan fingerprint density at radius 1 is 1.12 bits per heavy atom. The maximum Gasteiger partial charge on any atom is 0.408 e. The Hall–Kier alpha value is -3.52. The summed E-state index contributed by atoms with van der Waals surface area (Å²) in [7, 11) is 0. The van der Waals surface area contributed by atoms with Gasteiger partial charge in [0.05, 0.1) is 17.1 Å². The highest BCUT2D eigenvalue weighted by molar-refractivity contribution is 5.94. The number of amides is 1. The minimum atomic E-state index is -0.616. The van der Waals surface area contributed by atoms with Crippen LogP contribution in [0.2, 0.25) is 0 Å². The molecule has 32 heavy (non-hydrogen) atoms. The van der Waals surface area contributed by atoms with Crippen molar-refractivity contribution in [1.82, 2.24) is 9.88 Å². The van der Waals surface area contributed by atoms with Crippen LogP contribution in [-0.4, -0.2) is 16.3 Å². The van der Waals surface area contributed by atoms with Crippen molar-refractivity contribution in [2.24, 2.45) is 0 Å². The summed E-state index contributed by atoms with van der Waals surface area (Å²) < 4.78 is 7.18. The molecule has 0 saturated carbocycles. The normalized spacial score (nSPS) is 14.0. The van der Waals surface area contributed by atoms with E-state index in [9.17, 15) is 9.59 Å². The Labute approximate surface area is 188 Å². The van der Waals surface area contributed by atoms with Gasteiger partial charge in [-0.1, -0.05) is 30.2 Å². The van der Waals surface area contributed by atoms with Crippen molar-refractivity contribution in [3.05, 3.63) is 75.2 Å². The quantitative estimate of drug-likeness (QED) is 0.594. The second kappa shape index (κ2) is 8.20. The third-order valence-electron chi connectivity index (χ3n) is 5.75. The average Bonchev–Trinajstić information content (AvgIpc) is 2.74. The van der Waals surface area contributed by atoms with Gasteiger partial charge in [0.15, 0.2) is 0 Å². The zero-order valence-electron chi connectivity index (χ0n) is 19.0. The highest BCUT2D eigenvalue weighted by Crippen LogP contribution is 2.35. The van der Waals surface area contributed by atoms with Crippen molar-refractivity contribution in [3.63, 3.8) is 0 Å². The van der Waals surface area contributed by atoms with E-state index < -0.39 is 17.7 Å². The highest BCUT2D eigenvalue weighted by atomic mass is 16.6. The van der Waals surface area contributed by atoms with Crippen molar-refractivity contribution < 1.29 is 9.53 Å². The lowest BCUT2D eigenvalue weighted by molar-refractivity contribution is 0.0506. The minimum Gasteiger partial charge on any atom is -0.444 e. The third-order valence-corrected chi connectivity index (χ3v) is 5.75. The lowest BCUT2D eigenvalue weighted by Crippen LogP contribution is -2.37. The lowest BCUT2D eigenvalue weighted by Gasteiger charge is -2.29. The number of carbonyl (C=O) groups excluding carboxylic acids is 1. The van der Waals surface area contributed by atoms with Crippen molar-refractivity contribution in [3.8, 4) is 18.0 Å². The zero-order chi connectivity index (χ0) is 23.0. The van der Waals surface area contributed by atoms with Crippen LogP contribution in [0, 0.1) is 12.3 Å². The molecule has 0 aliphatic heterocycles. The number of benzene rings is 2. The molecule has 1 N–H and O–H groups in total. The van der Waals surface area contributed by atoms with Crippen LogP contribution < -0.4 is 10.9 Å². The number of para-hydroxylation sites is 1. The molecule has 5 nitrogen and oxygen atoms in total. The predicted octanol–water partition coefficient (Wildman–Crippen LogP) is 5.05. The van der Waals surface area contributed by atoms with Gasteiger partial charge in [0.1, 0.15) is 5.60 Å². The Kier molecular flexibility index (Phi) is 5.56. The molecule has 0 unspecified atom stereocenters. The number of aryl methyl sites for hydroxylation is 2. The van der Waals surface area contributed by atoms with Crippen LogP contribution in [0.4, 0.5) is 4.79 Å². The number of hydrogen-bond acceptors (Lipinski definition) is 3. The van der Waals surface area contributed by atoms with E-state index in [0.29, 0.717) is 10.9 Å². The summed E-state index contributed by atoms with van der Waals surface area (Å²) in [6, 6.07) is 12.9. The molecule has 0 fully saturated rings. The summed E-state index contributed by atoms with van der Waals surface area (Å²) in [5.41, 5.74) is 3.52. The molecule has 164 valence electrons. The zero-order valence-corrected chi connectivity index (χ0v) is 19.0. The lowest BCUT2D eigenvalue weighted by atomic mass is 9.85. The van der Waals surface area contributed by atoms with E-state index in [1.807, 2.05) is 70.2 Å². The van der Waals surface area contributed by atoms with Crippen LogP contribution in [0.3, 0.4) is 0 Å². The van der Waals surface area contributed by atoms with E-state index in [4.69, 9.17) is 11.2 Å². The fraction of sp³-hybridized carbons (Fsp3) is 0.333. The molecule has 5 heteroatoms. The average molecular weight is 429 g/mol. The largest absolute Gasteiger partial charge is 0.444 e. The number of ether oxygens (including phenoxy) is 1. The predicted molar refractivity (Wildman–Crippen MR) is 127 cm³/mol. The Morgan fingerprint density at radius 3 is 2.50 bits per heavy atom. The molecule has 0 spiro atoms. The molecule has 1 atom stereocenters. The molecule has 1 amide bonds. The Balaban J connectivity index is 2.01. The first-order valence-corrected chi connectivity index (χ1v) is 11.0. The molecular weight excluding hydrogens is 400 g/mol. The van der Waals surface area contributed by atoms with Crippen molar-refractivity contribution in [2.75, 3.05) is 0 Å². The standard InChI is InChI=1S/C27H28N2O3/c1-6-18-15-16-19-11-10-14-21-22(19)23(18)25(30)29(20-12-8-7-9-13-20)24(21)17(2)28-26(31)32-27(3,4)5/h1,7-9,12-13,15-17H,10-11,14H2,2-5H3,(H,28,31)/t17-/m0/s1. The van der Waals surface area contributed by atoms with Crippen LogP contribution in [-0.2, 0) is 17.6 Å². The summed E-state index contributed by atoms with van der Waals surface area (Å²) in [4.78, 5) is 26.5. The minimum absolute atomic E-state index is 0.167. The Bertz CT molecular complexity index is 1290. The van der Waals surface area contributed by atoms with Crippen LogP contribution in [0.25, 0.3) is 16.5 Å². The number of aromatic nitrogens is 1. The molecule has 0 radical (unpaired) electrons. The first-order valence-electron chi connectivity index (χ1n) is 11.0. The molecule has 3 aromatic rings. The maximum absolute atomic E-state index is 13.9. The molecule has 4 rings (SSSR count). The van der Waals surface area contributed by atoms with Crippen molar-refractivity contribution >= 4 is 16.9 Å². The molecule has 0 saturated heterocycles. The SMILES string of the molecule is C#Cc1ccc2c3c(c([C@H](C)NC(=O)OC(C)(C)C)n(-c4ccccc4)c(=O)c13)CCC2. The number of nitrogens with one attached hydrogen (secondary N) is 1. The first kappa shape index (κ1) is 21.7. The van der Waals surface area contributed by atoms with Gasteiger partial charge in [0, 0.05) is 11.3 Å².